The monoisotopic (exact) mass is 424 g/mol. The molecule has 1 N–H and O–H groups in total. The summed E-state index contributed by atoms with van der Waals surface area (Å²) in [7, 11) is 4.73. The van der Waals surface area contributed by atoms with E-state index in [1.54, 1.807) is 50.6 Å². The molecule has 8 heteroatoms. The quantitative estimate of drug-likeness (QED) is 0.398. The van der Waals surface area contributed by atoms with Gasteiger partial charge in [0.25, 0.3) is 5.69 Å². The lowest BCUT2D eigenvalue weighted by molar-refractivity contribution is -0.384. The second-order valence-electron chi connectivity index (χ2n) is 6.86. The molecule has 0 bridgehead atoms. The average Bonchev–Trinajstić information content (AvgIpc) is 2.78. The van der Waals surface area contributed by atoms with E-state index in [2.05, 4.69) is 0 Å². The van der Waals surface area contributed by atoms with Gasteiger partial charge in [0.1, 0.15) is 23.0 Å². The predicted octanol–water partition coefficient (Wildman–Crippen LogP) is 4.53. The van der Waals surface area contributed by atoms with E-state index >= 15 is 0 Å². The molecular formula is C23H24N2O6. The fraction of sp³-hybridized carbons (Fsp3) is 0.217. The highest BCUT2D eigenvalue weighted by atomic mass is 16.6. The fourth-order valence-electron chi connectivity index (χ4n) is 3.28. The van der Waals surface area contributed by atoms with Gasteiger partial charge in [0, 0.05) is 37.4 Å². The number of anilines is 1. The number of ether oxygens (including phenoxy) is 3. The molecule has 0 radical (unpaired) electrons. The van der Waals surface area contributed by atoms with E-state index in [4.69, 9.17) is 14.2 Å². The van der Waals surface area contributed by atoms with Crippen LogP contribution in [0.5, 0.6) is 23.0 Å². The van der Waals surface area contributed by atoms with E-state index in [1.165, 1.54) is 19.2 Å². The molecule has 0 fully saturated rings. The Bertz CT molecular complexity index is 1030. The molecule has 0 heterocycles. The number of non-ortho nitro benzene ring substituents is 1. The molecule has 0 saturated heterocycles. The maximum Gasteiger partial charge on any atom is 0.269 e. The van der Waals surface area contributed by atoms with E-state index in [0.717, 1.165) is 16.8 Å². The summed E-state index contributed by atoms with van der Waals surface area (Å²) < 4.78 is 16.2. The zero-order chi connectivity index (χ0) is 22.4. The van der Waals surface area contributed by atoms with Gasteiger partial charge >= 0.3 is 0 Å². The minimum Gasteiger partial charge on any atom is -0.508 e. The van der Waals surface area contributed by atoms with Gasteiger partial charge in [0.05, 0.1) is 31.9 Å². The van der Waals surface area contributed by atoms with Gasteiger partial charge < -0.3 is 24.2 Å². The highest BCUT2D eigenvalue weighted by Gasteiger charge is 2.16. The van der Waals surface area contributed by atoms with Crippen LogP contribution >= 0.6 is 0 Å². The Morgan fingerprint density at radius 1 is 0.839 bits per heavy atom. The van der Waals surface area contributed by atoms with Crippen LogP contribution in [0.25, 0.3) is 0 Å². The SMILES string of the molecule is COc1cc(CN(Cc2ccc([N+](=O)[O-])cc2)c2ccc(O)cc2OC)cc(OC)c1. The second kappa shape index (κ2) is 9.71. The van der Waals surface area contributed by atoms with Crippen LogP contribution in [0.3, 0.4) is 0 Å². The van der Waals surface area contributed by atoms with E-state index in [0.29, 0.717) is 30.3 Å². The molecule has 162 valence electrons. The van der Waals surface area contributed by atoms with Crippen molar-refractivity contribution in [3.05, 3.63) is 81.9 Å². The number of nitrogens with zero attached hydrogens (tertiary/aromatic N) is 2. The van der Waals surface area contributed by atoms with Gasteiger partial charge in [-0.05, 0) is 35.4 Å². The molecule has 0 aliphatic rings. The molecule has 0 atom stereocenters. The molecule has 0 aromatic heterocycles. The lowest BCUT2D eigenvalue weighted by Crippen LogP contribution is -2.22. The summed E-state index contributed by atoms with van der Waals surface area (Å²) in [5, 5.41) is 20.8. The average molecular weight is 424 g/mol. The molecule has 31 heavy (non-hydrogen) atoms. The van der Waals surface area contributed by atoms with Gasteiger partial charge in [-0.25, -0.2) is 0 Å². The summed E-state index contributed by atoms with van der Waals surface area (Å²) in [5.74, 6) is 1.94. The van der Waals surface area contributed by atoms with Crippen molar-refractivity contribution in [2.45, 2.75) is 13.1 Å². The zero-order valence-corrected chi connectivity index (χ0v) is 17.6. The van der Waals surface area contributed by atoms with Crippen molar-refractivity contribution in [1.29, 1.82) is 0 Å². The molecule has 0 amide bonds. The van der Waals surface area contributed by atoms with Gasteiger partial charge in [-0.3, -0.25) is 10.1 Å². The number of phenolic OH excluding ortho intramolecular Hbond substituents is 1. The minimum absolute atomic E-state index is 0.0371. The van der Waals surface area contributed by atoms with E-state index < -0.39 is 4.92 Å². The van der Waals surface area contributed by atoms with Crippen LogP contribution in [0, 0.1) is 10.1 Å². The van der Waals surface area contributed by atoms with E-state index in [9.17, 15) is 15.2 Å². The van der Waals surface area contributed by atoms with Crippen LogP contribution in [-0.2, 0) is 13.1 Å². The number of phenols is 1. The Balaban J connectivity index is 1.99. The molecule has 3 rings (SSSR count). The third-order valence-corrected chi connectivity index (χ3v) is 4.81. The molecule has 0 spiro atoms. The first-order valence-electron chi connectivity index (χ1n) is 9.50. The van der Waals surface area contributed by atoms with Crippen molar-refractivity contribution in [3.8, 4) is 23.0 Å². The summed E-state index contributed by atoms with van der Waals surface area (Å²) in [4.78, 5) is 12.6. The Labute approximate surface area is 180 Å². The van der Waals surface area contributed by atoms with Crippen LogP contribution in [-0.4, -0.2) is 31.4 Å². The van der Waals surface area contributed by atoms with E-state index in [1.807, 2.05) is 17.0 Å². The smallest absolute Gasteiger partial charge is 0.269 e. The summed E-state index contributed by atoms with van der Waals surface area (Å²) in [5.41, 5.74) is 2.62. The third kappa shape index (κ3) is 5.36. The van der Waals surface area contributed by atoms with Crippen molar-refractivity contribution in [3.63, 3.8) is 0 Å². The number of benzene rings is 3. The maximum absolute atomic E-state index is 11.0. The fourth-order valence-corrected chi connectivity index (χ4v) is 3.28. The van der Waals surface area contributed by atoms with Gasteiger partial charge in [-0.2, -0.15) is 0 Å². The molecule has 3 aromatic rings. The van der Waals surface area contributed by atoms with Crippen LogP contribution in [0.2, 0.25) is 0 Å². The normalized spacial score (nSPS) is 10.4. The Morgan fingerprint density at radius 3 is 2.00 bits per heavy atom. The first-order valence-corrected chi connectivity index (χ1v) is 9.50. The Hall–Kier alpha value is -3.94. The maximum atomic E-state index is 11.0. The number of methoxy groups -OCH3 is 3. The van der Waals surface area contributed by atoms with Gasteiger partial charge in [-0.15, -0.1) is 0 Å². The highest BCUT2D eigenvalue weighted by molar-refractivity contribution is 5.61. The summed E-state index contributed by atoms with van der Waals surface area (Å²) in [6.07, 6.45) is 0. The predicted molar refractivity (Wildman–Crippen MR) is 117 cm³/mol. The molecule has 0 aliphatic carbocycles. The van der Waals surface area contributed by atoms with Crippen molar-refractivity contribution < 1.29 is 24.2 Å². The number of hydrogen-bond acceptors (Lipinski definition) is 7. The second-order valence-corrected chi connectivity index (χ2v) is 6.86. The topological polar surface area (TPSA) is 94.3 Å². The minimum atomic E-state index is -0.424. The number of nitro groups is 1. The summed E-state index contributed by atoms with van der Waals surface area (Å²) in [6.45, 7) is 0.935. The van der Waals surface area contributed by atoms with Crippen LogP contribution in [0.15, 0.2) is 60.7 Å². The standard InChI is InChI=1S/C23H24N2O6/c1-29-20-10-17(11-21(13-20)30-2)15-24(22-9-8-19(26)12-23(22)31-3)14-16-4-6-18(7-5-16)25(27)28/h4-13,26H,14-15H2,1-3H3. The highest BCUT2D eigenvalue weighted by Crippen LogP contribution is 2.34. The molecule has 0 saturated carbocycles. The molecular weight excluding hydrogens is 400 g/mol. The van der Waals surface area contributed by atoms with Crippen molar-refractivity contribution in [2.24, 2.45) is 0 Å². The Kier molecular flexibility index (Phi) is 6.81. The van der Waals surface area contributed by atoms with Crippen LogP contribution < -0.4 is 19.1 Å². The number of aromatic hydroxyl groups is 1. The van der Waals surface area contributed by atoms with Gasteiger partial charge in [0.2, 0.25) is 0 Å². The first kappa shape index (κ1) is 21.8. The molecule has 0 aliphatic heterocycles. The molecule has 0 unspecified atom stereocenters. The van der Waals surface area contributed by atoms with Gasteiger partial charge in [-0.1, -0.05) is 12.1 Å². The number of rotatable bonds is 9. The number of hydrogen-bond donors (Lipinski definition) is 1. The third-order valence-electron chi connectivity index (χ3n) is 4.81. The van der Waals surface area contributed by atoms with Crippen LogP contribution in [0.4, 0.5) is 11.4 Å². The molecule has 3 aromatic carbocycles. The van der Waals surface area contributed by atoms with Crippen molar-refractivity contribution >= 4 is 11.4 Å². The lowest BCUT2D eigenvalue weighted by atomic mass is 10.1. The lowest BCUT2D eigenvalue weighted by Gasteiger charge is -2.27. The van der Waals surface area contributed by atoms with Crippen LogP contribution in [0.1, 0.15) is 11.1 Å². The largest absolute Gasteiger partial charge is 0.508 e. The summed E-state index contributed by atoms with van der Waals surface area (Å²) in [6, 6.07) is 17.0. The van der Waals surface area contributed by atoms with Gasteiger partial charge in [0.15, 0.2) is 0 Å². The van der Waals surface area contributed by atoms with Crippen molar-refractivity contribution in [2.75, 3.05) is 26.2 Å². The zero-order valence-electron chi connectivity index (χ0n) is 17.6. The van der Waals surface area contributed by atoms with Crippen molar-refractivity contribution in [1.82, 2.24) is 0 Å². The first-order chi connectivity index (χ1) is 14.9. The molecule has 8 nitrogen and oxygen atoms in total. The summed E-state index contributed by atoms with van der Waals surface area (Å²) >= 11 is 0. The van der Waals surface area contributed by atoms with E-state index in [-0.39, 0.29) is 11.4 Å². The Morgan fingerprint density at radius 2 is 1.45 bits per heavy atom. The number of nitro benzene ring substituents is 1.